The van der Waals surface area contributed by atoms with Crippen LogP contribution in [-0.4, -0.2) is 43.7 Å². The molecule has 0 aromatic heterocycles. The summed E-state index contributed by atoms with van der Waals surface area (Å²) in [7, 11) is -3.15. The monoisotopic (exact) mass is 350 g/mol. The predicted molar refractivity (Wildman–Crippen MR) is 96.8 cm³/mol. The molecule has 5 nitrogen and oxygen atoms in total. The topological polar surface area (TPSA) is 49.9 Å². The number of benzene rings is 1. The lowest BCUT2D eigenvalue weighted by Gasteiger charge is -2.32. The van der Waals surface area contributed by atoms with E-state index in [9.17, 15) is 8.42 Å². The van der Waals surface area contributed by atoms with E-state index in [-0.39, 0.29) is 11.4 Å². The van der Waals surface area contributed by atoms with Crippen molar-refractivity contribution in [3.8, 4) is 5.75 Å². The quantitative estimate of drug-likeness (QED) is 0.819. The van der Waals surface area contributed by atoms with Crippen molar-refractivity contribution in [3.05, 3.63) is 36.5 Å². The summed E-state index contributed by atoms with van der Waals surface area (Å²) in [6.45, 7) is 5.58. The van der Waals surface area contributed by atoms with Gasteiger partial charge in [0.15, 0.2) is 0 Å². The molecule has 132 valence electrons. The second-order valence-corrected chi connectivity index (χ2v) is 9.16. The van der Waals surface area contributed by atoms with Gasteiger partial charge in [-0.1, -0.05) is 6.08 Å². The van der Waals surface area contributed by atoms with Gasteiger partial charge in [-0.2, -0.15) is 0 Å². The zero-order valence-corrected chi connectivity index (χ0v) is 15.2. The van der Waals surface area contributed by atoms with E-state index in [0.29, 0.717) is 13.1 Å². The van der Waals surface area contributed by atoms with Crippen molar-refractivity contribution < 1.29 is 13.2 Å². The highest BCUT2D eigenvalue weighted by molar-refractivity contribution is 7.89. The van der Waals surface area contributed by atoms with E-state index in [4.69, 9.17) is 4.74 Å². The zero-order valence-electron chi connectivity index (χ0n) is 14.4. The summed E-state index contributed by atoms with van der Waals surface area (Å²) in [5.41, 5.74) is 1.17. The van der Waals surface area contributed by atoms with E-state index in [2.05, 4.69) is 29.3 Å². The molecule has 0 N–H and O–H groups in total. The molecule has 2 aliphatic heterocycles. The molecule has 3 rings (SSSR count). The standard InChI is InChI=1S/C18H26N2O3S/c1-15(2)24(21,22)20-13-9-18(10-14-20)23-17-7-5-16(6-8-17)19-11-3-4-12-19/h3,5-8,11,15,18H,4,9-10,12-14H2,1-2H3. The van der Waals surface area contributed by atoms with Crippen molar-refractivity contribution in [2.24, 2.45) is 0 Å². The van der Waals surface area contributed by atoms with Gasteiger partial charge in [-0.05, 0) is 57.4 Å². The second kappa shape index (κ2) is 7.15. The van der Waals surface area contributed by atoms with Crippen LogP contribution < -0.4 is 9.64 Å². The Morgan fingerprint density at radius 2 is 1.75 bits per heavy atom. The number of sulfonamides is 1. The third-order valence-corrected chi connectivity index (χ3v) is 6.93. The number of anilines is 1. The Morgan fingerprint density at radius 3 is 2.29 bits per heavy atom. The van der Waals surface area contributed by atoms with Crippen molar-refractivity contribution in [3.63, 3.8) is 0 Å². The first-order chi connectivity index (χ1) is 11.5. The highest BCUT2D eigenvalue weighted by Crippen LogP contribution is 2.25. The Bertz CT molecular complexity index is 675. The highest BCUT2D eigenvalue weighted by Gasteiger charge is 2.30. The molecule has 0 spiro atoms. The van der Waals surface area contributed by atoms with Gasteiger partial charge >= 0.3 is 0 Å². The molecule has 24 heavy (non-hydrogen) atoms. The molecule has 0 aliphatic carbocycles. The molecule has 0 radical (unpaired) electrons. The van der Waals surface area contributed by atoms with Gasteiger partial charge in [-0.25, -0.2) is 12.7 Å². The summed E-state index contributed by atoms with van der Waals surface area (Å²) >= 11 is 0. The minimum absolute atomic E-state index is 0.0844. The predicted octanol–water partition coefficient (Wildman–Crippen LogP) is 2.99. The smallest absolute Gasteiger partial charge is 0.216 e. The minimum atomic E-state index is -3.15. The van der Waals surface area contributed by atoms with Crippen molar-refractivity contribution in [2.45, 2.75) is 44.5 Å². The minimum Gasteiger partial charge on any atom is -0.490 e. The normalized spacial score (nSPS) is 20.0. The average Bonchev–Trinajstić information content (AvgIpc) is 3.10. The second-order valence-electron chi connectivity index (χ2n) is 6.67. The van der Waals surface area contributed by atoms with Gasteiger partial charge in [0.1, 0.15) is 11.9 Å². The Hall–Kier alpha value is -1.53. The van der Waals surface area contributed by atoms with E-state index in [1.807, 2.05) is 12.1 Å². The van der Waals surface area contributed by atoms with Crippen molar-refractivity contribution in [1.29, 1.82) is 0 Å². The number of hydrogen-bond acceptors (Lipinski definition) is 4. The van der Waals surface area contributed by atoms with E-state index < -0.39 is 10.0 Å². The molecule has 0 unspecified atom stereocenters. The van der Waals surface area contributed by atoms with Crippen LogP contribution in [0.5, 0.6) is 5.75 Å². The fourth-order valence-electron chi connectivity index (χ4n) is 3.12. The average molecular weight is 350 g/mol. The summed E-state index contributed by atoms with van der Waals surface area (Å²) in [6.07, 6.45) is 6.94. The maximum absolute atomic E-state index is 12.2. The van der Waals surface area contributed by atoms with Gasteiger partial charge in [-0.3, -0.25) is 0 Å². The van der Waals surface area contributed by atoms with E-state index >= 15 is 0 Å². The van der Waals surface area contributed by atoms with E-state index in [1.165, 1.54) is 5.69 Å². The molecule has 2 aliphatic rings. The van der Waals surface area contributed by atoms with Crippen LogP contribution in [0.3, 0.4) is 0 Å². The molecule has 0 saturated carbocycles. The summed E-state index contributed by atoms with van der Waals surface area (Å²) in [5.74, 6) is 0.854. The maximum Gasteiger partial charge on any atom is 0.216 e. The molecule has 2 heterocycles. The summed E-state index contributed by atoms with van der Waals surface area (Å²) in [5, 5.41) is -0.359. The summed E-state index contributed by atoms with van der Waals surface area (Å²) in [6, 6.07) is 8.14. The lowest BCUT2D eigenvalue weighted by Crippen LogP contribution is -2.44. The van der Waals surface area contributed by atoms with Gasteiger partial charge in [0.25, 0.3) is 0 Å². The Morgan fingerprint density at radius 1 is 1.08 bits per heavy atom. The first-order valence-corrected chi connectivity index (χ1v) is 10.2. The lowest BCUT2D eigenvalue weighted by atomic mass is 10.1. The first kappa shape index (κ1) is 17.3. The number of piperidine rings is 1. The van der Waals surface area contributed by atoms with Gasteiger partial charge < -0.3 is 9.64 Å². The number of ether oxygens (including phenoxy) is 1. The summed E-state index contributed by atoms with van der Waals surface area (Å²) < 4.78 is 32.0. The van der Waals surface area contributed by atoms with Gasteiger partial charge in [0.2, 0.25) is 10.0 Å². The number of rotatable bonds is 5. The third-order valence-electron chi connectivity index (χ3n) is 4.65. The Balaban J connectivity index is 1.54. The molecule has 1 fully saturated rings. The molecular weight excluding hydrogens is 324 g/mol. The van der Waals surface area contributed by atoms with Crippen LogP contribution in [0.2, 0.25) is 0 Å². The fraction of sp³-hybridized carbons (Fsp3) is 0.556. The largest absolute Gasteiger partial charge is 0.490 e. The first-order valence-electron chi connectivity index (χ1n) is 8.66. The van der Waals surface area contributed by atoms with E-state index in [0.717, 1.165) is 31.6 Å². The van der Waals surface area contributed by atoms with Gasteiger partial charge in [0, 0.05) is 31.5 Å². The number of nitrogens with zero attached hydrogens (tertiary/aromatic N) is 2. The van der Waals surface area contributed by atoms with Gasteiger partial charge in [-0.15, -0.1) is 0 Å². The Kier molecular flexibility index (Phi) is 5.15. The van der Waals surface area contributed by atoms with Crippen LogP contribution >= 0.6 is 0 Å². The molecule has 0 amide bonds. The van der Waals surface area contributed by atoms with Gasteiger partial charge in [0.05, 0.1) is 5.25 Å². The van der Waals surface area contributed by atoms with Crippen molar-refractivity contribution in [2.75, 3.05) is 24.5 Å². The SMILES string of the molecule is CC(C)S(=O)(=O)N1CCC(Oc2ccc(N3C=CCC3)cc2)CC1. The van der Waals surface area contributed by atoms with Crippen LogP contribution in [0.15, 0.2) is 36.5 Å². The molecule has 1 saturated heterocycles. The van der Waals surface area contributed by atoms with Crippen LogP contribution in [0, 0.1) is 0 Å². The zero-order chi connectivity index (χ0) is 17.2. The molecule has 1 aromatic rings. The van der Waals surface area contributed by atoms with Crippen LogP contribution in [-0.2, 0) is 10.0 Å². The highest BCUT2D eigenvalue weighted by atomic mass is 32.2. The fourth-order valence-corrected chi connectivity index (χ4v) is 4.43. The molecule has 0 atom stereocenters. The number of hydrogen-bond donors (Lipinski definition) is 0. The molecule has 1 aromatic carbocycles. The van der Waals surface area contributed by atoms with Crippen LogP contribution in [0.4, 0.5) is 5.69 Å². The Labute approximate surface area is 145 Å². The lowest BCUT2D eigenvalue weighted by molar-refractivity contribution is 0.135. The van der Waals surface area contributed by atoms with Crippen LogP contribution in [0.1, 0.15) is 33.1 Å². The van der Waals surface area contributed by atoms with Crippen molar-refractivity contribution in [1.82, 2.24) is 4.31 Å². The molecule has 6 heteroatoms. The third kappa shape index (κ3) is 3.75. The van der Waals surface area contributed by atoms with E-state index in [1.54, 1.807) is 18.2 Å². The molecule has 0 bridgehead atoms. The summed E-state index contributed by atoms with van der Waals surface area (Å²) in [4.78, 5) is 2.22. The maximum atomic E-state index is 12.2. The van der Waals surface area contributed by atoms with Crippen LogP contribution in [0.25, 0.3) is 0 Å². The molecular formula is C18H26N2O3S. The van der Waals surface area contributed by atoms with Crippen molar-refractivity contribution >= 4 is 15.7 Å².